The molecular weight excluding hydrogens is 244 g/mol. The lowest BCUT2D eigenvalue weighted by Gasteiger charge is -2.01. The minimum Gasteiger partial charge on any atom is -0.476 e. The van der Waals surface area contributed by atoms with Gasteiger partial charge in [-0.2, -0.15) is 0 Å². The van der Waals surface area contributed by atoms with Crippen LogP contribution in [0.1, 0.15) is 48.9 Å². The standard InChI is InChI=1S/C15H18O4/c16-13(12-8-4-3-5-9-12)10-6-1-2-7-11-14(17)15(18)19/h3-5,8-9H,1-2,6-7,10-11H2,(H,18,19). The number of carbonyl (C=O) groups excluding carboxylic acids is 2. The van der Waals surface area contributed by atoms with Gasteiger partial charge in [-0.05, 0) is 12.8 Å². The molecule has 0 amide bonds. The lowest BCUT2D eigenvalue weighted by Crippen LogP contribution is -2.11. The monoisotopic (exact) mass is 262 g/mol. The molecule has 19 heavy (non-hydrogen) atoms. The smallest absolute Gasteiger partial charge is 0.372 e. The minimum atomic E-state index is -1.36. The Hall–Kier alpha value is -1.97. The highest BCUT2D eigenvalue weighted by molar-refractivity contribution is 6.32. The molecule has 1 N–H and O–H groups in total. The molecule has 0 aliphatic rings. The predicted molar refractivity (Wildman–Crippen MR) is 71.1 cm³/mol. The van der Waals surface area contributed by atoms with Crippen LogP contribution >= 0.6 is 0 Å². The maximum absolute atomic E-state index is 11.7. The molecule has 0 radical (unpaired) electrons. The molecule has 0 saturated heterocycles. The third-order valence-electron chi connectivity index (χ3n) is 2.89. The summed E-state index contributed by atoms with van der Waals surface area (Å²) in [6.07, 6.45) is 3.55. The first kappa shape index (κ1) is 15.1. The fourth-order valence-corrected chi connectivity index (χ4v) is 1.80. The second kappa shape index (κ2) is 8.19. The van der Waals surface area contributed by atoms with Crippen molar-refractivity contribution >= 4 is 17.5 Å². The largest absolute Gasteiger partial charge is 0.476 e. The first-order chi connectivity index (χ1) is 9.11. The molecule has 0 aliphatic heterocycles. The Bertz CT molecular complexity index is 437. The zero-order valence-corrected chi connectivity index (χ0v) is 10.8. The summed E-state index contributed by atoms with van der Waals surface area (Å²) in [5, 5.41) is 8.39. The van der Waals surface area contributed by atoms with Gasteiger partial charge >= 0.3 is 5.97 Å². The van der Waals surface area contributed by atoms with Crippen LogP contribution in [-0.2, 0) is 9.59 Å². The van der Waals surface area contributed by atoms with Gasteiger partial charge in [0.05, 0.1) is 0 Å². The Labute approximate surface area is 112 Å². The lowest BCUT2D eigenvalue weighted by atomic mass is 10.0. The summed E-state index contributed by atoms with van der Waals surface area (Å²) in [6.45, 7) is 0. The van der Waals surface area contributed by atoms with Crippen LogP contribution in [-0.4, -0.2) is 22.6 Å². The van der Waals surface area contributed by atoms with Crippen LogP contribution in [0.2, 0.25) is 0 Å². The normalized spacial score (nSPS) is 10.1. The average Bonchev–Trinajstić information content (AvgIpc) is 2.42. The Morgan fingerprint density at radius 1 is 0.842 bits per heavy atom. The molecule has 1 aromatic rings. The van der Waals surface area contributed by atoms with Crippen molar-refractivity contribution < 1.29 is 19.5 Å². The minimum absolute atomic E-state index is 0.0853. The zero-order chi connectivity index (χ0) is 14.1. The topological polar surface area (TPSA) is 71.4 Å². The summed E-state index contributed by atoms with van der Waals surface area (Å²) in [4.78, 5) is 32.8. The number of Topliss-reactive ketones (excluding diaryl/α,β-unsaturated/α-hetero) is 2. The van der Waals surface area contributed by atoms with Gasteiger partial charge in [0.1, 0.15) is 0 Å². The molecule has 0 saturated carbocycles. The van der Waals surface area contributed by atoms with E-state index in [2.05, 4.69) is 0 Å². The van der Waals surface area contributed by atoms with Gasteiger partial charge in [0.2, 0.25) is 5.78 Å². The molecule has 4 heteroatoms. The molecule has 0 aromatic heterocycles. The van der Waals surface area contributed by atoms with Crippen LogP contribution in [0, 0.1) is 0 Å². The van der Waals surface area contributed by atoms with Gasteiger partial charge in [0.25, 0.3) is 0 Å². The highest BCUT2D eigenvalue weighted by atomic mass is 16.4. The van der Waals surface area contributed by atoms with Gasteiger partial charge in [0.15, 0.2) is 5.78 Å². The van der Waals surface area contributed by atoms with E-state index < -0.39 is 11.8 Å². The summed E-state index contributed by atoms with van der Waals surface area (Å²) in [5.41, 5.74) is 0.726. The second-order valence-corrected chi connectivity index (χ2v) is 4.43. The van der Waals surface area contributed by atoms with Crippen molar-refractivity contribution in [1.82, 2.24) is 0 Å². The van der Waals surface area contributed by atoms with E-state index in [1.165, 1.54) is 0 Å². The van der Waals surface area contributed by atoms with E-state index in [0.717, 1.165) is 24.8 Å². The number of carbonyl (C=O) groups is 3. The van der Waals surface area contributed by atoms with Crippen molar-refractivity contribution in [1.29, 1.82) is 0 Å². The number of carboxylic acid groups (broad SMARTS) is 1. The predicted octanol–water partition coefficient (Wildman–Crippen LogP) is 2.86. The SMILES string of the molecule is O=C(O)C(=O)CCCCCCC(=O)c1ccccc1. The molecule has 0 spiro atoms. The van der Waals surface area contributed by atoms with Crippen LogP contribution in [0.5, 0.6) is 0 Å². The van der Waals surface area contributed by atoms with Gasteiger partial charge in [-0.3, -0.25) is 9.59 Å². The fourth-order valence-electron chi connectivity index (χ4n) is 1.80. The van der Waals surface area contributed by atoms with E-state index in [1.807, 2.05) is 18.2 Å². The Morgan fingerprint density at radius 3 is 2.00 bits per heavy atom. The van der Waals surface area contributed by atoms with Crippen LogP contribution < -0.4 is 0 Å². The number of unbranched alkanes of at least 4 members (excludes halogenated alkanes) is 3. The van der Waals surface area contributed by atoms with E-state index in [1.54, 1.807) is 12.1 Å². The molecule has 0 atom stereocenters. The van der Waals surface area contributed by atoms with Crippen molar-refractivity contribution in [2.45, 2.75) is 38.5 Å². The summed E-state index contributed by atoms with van der Waals surface area (Å²) >= 11 is 0. The molecule has 0 unspecified atom stereocenters. The number of benzene rings is 1. The Morgan fingerprint density at radius 2 is 1.42 bits per heavy atom. The summed E-state index contributed by atoms with van der Waals surface area (Å²) < 4.78 is 0. The molecule has 0 fully saturated rings. The van der Waals surface area contributed by atoms with Gasteiger partial charge in [-0.1, -0.05) is 43.2 Å². The average molecular weight is 262 g/mol. The van der Waals surface area contributed by atoms with Crippen molar-refractivity contribution in [3.63, 3.8) is 0 Å². The van der Waals surface area contributed by atoms with Gasteiger partial charge in [0, 0.05) is 18.4 Å². The first-order valence-corrected chi connectivity index (χ1v) is 6.45. The van der Waals surface area contributed by atoms with Crippen LogP contribution in [0.15, 0.2) is 30.3 Å². The number of hydrogen-bond donors (Lipinski definition) is 1. The highest BCUT2D eigenvalue weighted by Crippen LogP contribution is 2.10. The maximum Gasteiger partial charge on any atom is 0.372 e. The van der Waals surface area contributed by atoms with Gasteiger partial charge in [-0.15, -0.1) is 0 Å². The first-order valence-electron chi connectivity index (χ1n) is 6.45. The molecule has 0 bridgehead atoms. The van der Waals surface area contributed by atoms with Gasteiger partial charge < -0.3 is 5.11 Å². The zero-order valence-electron chi connectivity index (χ0n) is 10.8. The number of ketones is 2. The van der Waals surface area contributed by atoms with Crippen LogP contribution in [0.25, 0.3) is 0 Å². The second-order valence-electron chi connectivity index (χ2n) is 4.43. The Balaban J connectivity index is 2.10. The van der Waals surface area contributed by atoms with Crippen molar-refractivity contribution in [2.75, 3.05) is 0 Å². The molecular formula is C15H18O4. The molecule has 4 nitrogen and oxygen atoms in total. The number of hydrogen-bond acceptors (Lipinski definition) is 3. The fraction of sp³-hybridized carbons (Fsp3) is 0.400. The van der Waals surface area contributed by atoms with Gasteiger partial charge in [-0.25, -0.2) is 4.79 Å². The van der Waals surface area contributed by atoms with E-state index in [9.17, 15) is 14.4 Å². The van der Waals surface area contributed by atoms with E-state index >= 15 is 0 Å². The number of aliphatic carboxylic acids is 1. The lowest BCUT2D eigenvalue weighted by molar-refractivity contribution is -0.149. The summed E-state index contributed by atoms with van der Waals surface area (Å²) in [7, 11) is 0. The molecule has 102 valence electrons. The third-order valence-corrected chi connectivity index (χ3v) is 2.89. The van der Waals surface area contributed by atoms with E-state index in [-0.39, 0.29) is 12.2 Å². The summed E-state index contributed by atoms with van der Waals surface area (Å²) in [6, 6.07) is 9.15. The molecule has 0 aliphatic carbocycles. The summed E-state index contributed by atoms with van der Waals surface area (Å²) in [5.74, 6) is -1.97. The van der Waals surface area contributed by atoms with Crippen LogP contribution in [0.4, 0.5) is 0 Å². The third kappa shape index (κ3) is 5.95. The molecule has 1 aromatic carbocycles. The van der Waals surface area contributed by atoms with Crippen molar-refractivity contribution in [3.05, 3.63) is 35.9 Å². The maximum atomic E-state index is 11.7. The van der Waals surface area contributed by atoms with E-state index in [0.29, 0.717) is 12.8 Å². The number of rotatable bonds is 9. The highest BCUT2D eigenvalue weighted by Gasteiger charge is 2.10. The van der Waals surface area contributed by atoms with E-state index in [4.69, 9.17) is 5.11 Å². The van der Waals surface area contributed by atoms with Crippen molar-refractivity contribution in [2.24, 2.45) is 0 Å². The van der Waals surface area contributed by atoms with Crippen LogP contribution in [0.3, 0.4) is 0 Å². The molecule has 0 heterocycles. The molecule has 1 rings (SSSR count). The number of carboxylic acids is 1. The quantitative estimate of drug-likeness (QED) is 0.422. The van der Waals surface area contributed by atoms with Crippen molar-refractivity contribution in [3.8, 4) is 0 Å². The Kier molecular flexibility index (Phi) is 6.50.